The number of rotatable bonds is 6. The van der Waals surface area contributed by atoms with Crippen LogP contribution in [0.3, 0.4) is 0 Å². The Morgan fingerprint density at radius 1 is 0.862 bits per heavy atom. The van der Waals surface area contributed by atoms with Crippen molar-refractivity contribution in [1.29, 1.82) is 0 Å². The van der Waals surface area contributed by atoms with Gasteiger partial charge >= 0.3 is 5.76 Å². The first kappa shape index (κ1) is 18.6. The van der Waals surface area contributed by atoms with Crippen LogP contribution in [0.4, 0.5) is 0 Å². The molecule has 29 heavy (non-hydrogen) atoms. The minimum Gasteiger partial charge on any atom is -0.497 e. The molecule has 4 aromatic rings. The molecule has 0 unspecified atom stereocenters. The summed E-state index contributed by atoms with van der Waals surface area (Å²) in [7, 11) is 1.64. The molecule has 4 heteroatoms. The average Bonchev–Trinajstić information content (AvgIpc) is 3.09. The van der Waals surface area contributed by atoms with Crippen LogP contribution in [-0.2, 0) is 6.54 Å². The molecule has 1 heterocycles. The predicted octanol–water partition coefficient (Wildman–Crippen LogP) is 5.34. The average molecular weight is 383 g/mol. The molecule has 0 bridgehead atoms. The fraction of sp³-hybridized carbons (Fsp3) is 0.0800. The highest BCUT2D eigenvalue weighted by molar-refractivity contribution is 5.76. The molecule has 0 aliphatic rings. The Kier molecular flexibility index (Phi) is 5.43. The summed E-state index contributed by atoms with van der Waals surface area (Å²) >= 11 is 0. The zero-order chi connectivity index (χ0) is 20.1. The molecule has 0 fully saturated rings. The highest BCUT2D eigenvalue weighted by Gasteiger charge is 2.16. The first-order chi connectivity index (χ1) is 14.2. The molecule has 0 atom stereocenters. The van der Waals surface area contributed by atoms with E-state index in [-0.39, 0.29) is 5.76 Å². The molecule has 4 nitrogen and oxygen atoms in total. The van der Waals surface area contributed by atoms with Crippen LogP contribution < -0.4 is 10.5 Å². The van der Waals surface area contributed by atoms with Gasteiger partial charge in [0.15, 0.2) is 5.76 Å². The van der Waals surface area contributed by atoms with Crippen LogP contribution in [0.5, 0.6) is 5.75 Å². The van der Waals surface area contributed by atoms with Crippen LogP contribution in [-0.4, -0.2) is 11.7 Å². The molecule has 0 radical (unpaired) electrons. The molecule has 0 spiro atoms. The first-order valence-electron chi connectivity index (χ1n) is 9.40. The van der Waals surface area contributed by atoms with E-state index in [1.165, 1.54) is 0 Å². The van der Waals surface area contributed by atoms with E-state index in [1.54, 1.807) is 11.7 Å². The number of aromatic nitrogens is 1. The molecule has 0 aliphatic carbocycles. The lowest BCUT2D eigenvalue weighted by Gasteiger charge is -2.05. The van der Waals surface area contributed by atoms with Crippen LogP contribution in [0.25, 0.3) is 23.5 Å². The molecule has 0 aliphatic heterocycles. The molecule has 0 saturated heterocycles. The van der Waals surface area contributed by atoms with Crippen molar-refractivity contribution in [2.24, 2.45) is 0 Å². The van der Waals surface area contributed by atoms with E-state index in [0.29, 0.717) is 12.3 Å². The maximum Gasteiger partial charge on any atom is 0.420 e. The Bertz CT molecular complexity index is 1150. The minimum atomic E-state index is -0.373. The van der Waals surface area contributed by atoms with E-state index in [2.05, 4.69) is 0 Å². The van der Waals surface area contributed by atoms with E-state index in [0.717, 1.165) is 28.1 Å². The summed E-state index contributed by atoms with van der Waals surface area (Å²) in [6, 6.07) is 27.3. The van der Waals surface area contributed by atoms with Crippen molar-refractivity contribution >= 4 is 12.2 Å². The maximum absolute atomic E-state index is 12.7. The van der Waals surface area contributed by atoms with E-state index >= 15 is 0 Å². The number of oxazole rings is 1. The SMILES string of the molecule is COc1ccc(/C=C/c2c(-c3ccccc3)oc(=O)n2Cc2ccccc2)cc1. The molecule has 3 aromatic carbocycles. The minimum absolute atomic E-state index is 0.373. The molecule has 4 rings (SSSR count). The molecule has 1 aromatic heterocycles. The fourth-order valence-corrected chi connectivity index (χ4v) is 3.18. The highest BCUT2D eigenvalue weighted by Crippen LogP contribution is 2.25. The van der Waals surface area contributed by atoms with Crippen molar-refractivity contribution in [2.45, 2.75) is 6.54 Å². The van der Waals surface area contributed by atoms with Crippen molar-refractivity contribution < 1.29 is 9.15 Å². The Labute approximate surface area is 169 Å². The quantitative estimate of drug-likeness (QED) is 0.452. The summed E-state index contributed by atoms with van der Waals surface area (Å²) < 4.78 is 12.5. The van der Waals surface area contributed by atoms with Crippen LogP contribution in [0, 0.1) is 0 Å². The second kappa shape index (κ2) is 8.48. The monoisotopic (exact) mass is 383 g/mol. The Balaban J connectivity index is 1.77. The number of benzene rings is 3. The summed E-state index contributed by atoms with van der Waals surface area (Å²) in [6.07, 6.45) is 3.90. The third kappa shape index (κ3) is 4.22. The van der Waals surface area contributed by atoms with Crippen molar-refractivity contribution in [3.05, 3.63) is 112 Å². The van der Waals surface area contributed by atoms with E-state index in [9.17, 15) is 4.79 Å². The lowest BCUT2D eigenvalue weighted by atomic mass is 10.1. The van der Waals surface area contributed by atoms with Gasteiger partial charge in [-0.15, -0.1) is 0 Å². The highest BCUT2D eigenvalue weighted by atomic mass is 16.5. The Morgan fingerprint density at radius 3 is 2.17 bits per heavy atom. The van der Waals surface area contributed by atoms with Crippen LogP contribution in [0.1, 0.15) is 16.8 Å². The van der Waals surface area contributed by atoms with Crippen molar-refractivity contribution in [2.75, 3.05) is 7.11 Å². The van der Waals surface area contributed by atoms with Gasteiger partial charge in [-0.3, -0.25) is 4.57 Å². The standard InChI is InChI=1S/C25H21NO3/c1-28-22-15-12-19(13-16-22)14-17-23-24(21-10-6-3-7-11-21)29-25(27)26(23)18-20-8-4-2-5-9-20/h2-17H,18H2,1H3/b17-14+. The smallest absolute Gasteiger partial charge is 0.420 e. The van der Waals surface area contributed by atoms with Crippen LogP contribution in [0.15, 0.2) is 94.1 Å². The molecule has 0 saturated carbocycles. The first-order valence-corrected chi connectivity index (χ1v) is 9.40. The molecule has 0 amide bonds. The molecular weight excluding hydrogens is 362 g/mol. The van der Waals surface area contributed by atoms with Gasteiger partial charge in [-0.1, -0.05) is 78.9 Å². The molecule has 0 N–H and O–H groups in total. The summed E-state index contributed by atoms with van der Waals surface area (Å²) in [5.41, 5.74) is 3.64. The van der Waals surface area contributed by atoms with E-state index in [1.807, 2.05) is 97.1 Å². The molecular formula is C25H21NO3. The third-order valence-corrected chi connectivity index (χ3v) is 4.70. The predicted molar refractivity (Wildman–Crippen MR) is 116 cm³/mol. The number of nitrogens with zero attached hydrogens (tertiary/aromatic N) is 1. The van der Waals surface area contributed by atoms with Gasteiger partial charge in [0.1, 0.15) is 5.75 Å². The lowest BCUT2D eigenvalue weighted by Crippen LogP contribution is -2.16. The maximum atomic E-state index is 12.7. The number of hydrogen-bond donors (Lipinski definition) is 0. The third-order valence-electron chi connectivity index (χ3n) is 4.70. The topological polar surface area (TPSA) is 44.4 Å². The van der Waals surface area contributed by atoms with E-state index in [4.69, 9.17) is 9.15 Å². The van der Waals surface area contributed by atoms with Crippen molar-refractivity contribution in [3.8, 4) is 17.1 Å². The number of hydrogen-bond acceptors (Lipinski definition) is 3. The van der Waals surface area contributed by atoms with Gasteiger partial charge in [0.2, 0.25) is 0 Å². The van der Waals surface area contributed by atoms with E-state index < -0.39 is 0 Å². The molecule has 144 valence electrons. The summed E-state index contributed by atoms with van der Waals surface area (Å²) in [6.45, 7) is 0.443. The zero-order valence-electron chi connectivity index (χ0n) is 16.1. The van der Waals surface area contributed by atoms with Gasteiger partial charge in [0.25, 0.3) is 0 Å². The Morgan fingerprint density at radius 2 is 1.52 bits per heavy atom. The van der Waals surface area contributed by atoms with Gasteiger partial charge in [0.05, 0.1) is 19.3 Å². The van der Waals surface area contributed by atoms with Crippen molar-refractivity contribution in [1.82, 2.24) is 4.57 Å². The fourth-order valence-electron chi connectivity index (χ4n) is 3.18. The van der Waals surface area contributed by atoms with Gasteiger partial charge in [-0.2, -0.15) is 0 Å². The lowest BCUT2D eigenvalue weighted by molar-refractivity contribution is 0.415. The number of ether oxygens (including phenoxy) is 1. The Hall–Kier alpha value is -3.79. The largest absolute Gasteiger partial charge is 0.497 e. The normalized spacial score (nSPS) is 11.1. The summed E-state index contributed by atoms with van der Waals surface area (Å²) in [4.78, 5) is 12.7. The van der Waals surface area contributed by atoms with Crippen LogP contribution in [0.2, 0.25) is 0 Å². The van der Waals surface area contributed by atoms with Crippen molar-refractivity contribution in [3.63, 3.8) is 0 Å². The summed E-state index contributed by atoms with van der Waals surface area (Å²) in [5.74, 6) is 0.995. The van der Waals surface area contributed by atoms with Gasteiger partial charge in [0, 0.05) is 5.56 Å². The summed E-state index contributed by atoms with van der Waals surface area (Å²) in [5, 5.41) is 0. The second-order valence-electron chi connectivity index (χ2n) is 6.63. The van der Waals surface area contributed by atoms with Gasteiger partial charge < -0.3 is 9.15 Å². The van der Waals surface area contributed by atoms with Gasteiger partial charge in [-0.25, -0.2) is 4.79 Å². The van der Waals surface area contributed by atoms with Crippen LogP contribution >= 0.6 is 0 Å². The number of methoxy groups -OCH3 is 1. The second-order valence-corrected chi connectivity index (χ2v) is 6.63. The van der Waals surface area contributed by atoms with Gasteiger partial charge in [-0.05, 0) is 29.3 Å². The zero-order valence-corrected chi connectivity index (χ0v) is 16.1.